The van der Waals surface area contributed by atoms with Gasteiger partial charge < -0.3 is 15.2 Å². The van der Waals surface area contributed by atoms with E-state index in [1.165, 1.54) is 19.4 Å². The Morgan fingerprint density at radius 3 is 2.94 bits per heavy atom. The van der Waals surface area contributed by atoms with Crippen LogP contribution in [0.15, 0.2) is 12.3 Å². The fraction of sp³-hybridized carbons (Fsp3) is 0.444. The molecule has 17 heavy (non-hydrogen) atoms. The van der Waals surface area contributed by atoms with Crippen molar-refractivity contribution < 1.29 is 23.4 Å². The molecule has 0 saturated carbocycles. The maximum Gasteiger partial charge on any atom is 0.376 e. The standard InChI is InChI=1S/C9H11F2N3O3/c1-17-9(16)8-12-3-2-6(14-8)13-4-5(15)7(10)11/h2-3,5,7,15H,4H2,1H3,(H,12,13,14). The molecule has 1 rings (SSSR count). The quantitative estimate of drug-likeness (QED) is 0.728. The van der Waals surface area contributed by atoms with Crippen LogP contribution in [-0.4, -0.2) is 47.2 Å². The first-order chi connectivity index (χ1) is 8.04. The molecule has 0 saturated heterocycles. The average molecular weight is 247 g/mol. The van der Waals surface area contributed by atoms with Crippen molar-refractivity contribution in [3.8, 4) is 0 Å². The molecule has 0 aliphatic carbocycles. The van der Waals surface area contributed by atoms with Crippen LogP contribution in [0.3, 0.4) is 0 Å². The van der Waals surface area contributed by atoms with Gasteiger partial charge in [-0.25, -0.2) is 23.5 Å². The second kappa shape index (κ2) is 6.04. The molecule has 0 radical (unpaired) electrons. The van der Waals surface area contributed by atoms with Gasteiger partial charge >= 0.3 is 5.97 Å². The van der Waals surface area contributed by atoms with E-state index in [0.29, 0.717) is 0 Å². The fourth-order valence-electron chi connectivity index (χ4n) is 0.945. The summed E-state index contributed by atoms with van der Waals surface area (Å²) in [5, 5.41) is 11.3. The number of alkyl halides is 2. The van der Waals surface area contributed by atoms with Gasteiger partial charge in [0.05, 0.1) is 7.11 Å². The van der Waals surface area contributed by atoms with Gasteiger partial charge in [-0.05, 0) is 6.07 Å². The van der Waals surface area contributed by atoms with Crippen molar-refractivity contribution in [2.75, 3.05) is 19.0 Å². The van der Waals surface area contributed by atoms with Gasteiger partial charge in [0.1, 0.15) is 11.9 Å². The van der Waals surface area contributed by atoms with Crippen LogP contribution >= 0.6 is 0 Å². The summed E-state index contributed by atoms with van der Waals surface area (Å²) in [7, 11) is 1.17. The number of methoxy groups -OCH3 is 1. The van der Waals surface area contributed by atoms with Gasteiger partial charge in [-0.3, -0.25) is 0 Å². The van der Waals surface area contributed by atoms with E-state index in [1.54, 1.807) is 0 Å². The van der Waals surface area contributed by atoms with E-state index in [-0.39, 0.29) is 18.2 Å². The molecule has 1 atom stereocenters. The van der Waals surface area contributed by atoms with Crippen molar-refractivity contribution in [2.45, 2.75) is 12.5 Å². The molecular weight excluding hydrogens is 236 g/mol. The summed E-state index contributed by atoms with van der Waals surface area (Å²) < 4.78 is 28.4. The van der Waals surface area contributed by atoms with Crippen LogP contribution in [0.5, 0.6) is 0 Å². The van der Waals surface area contributed by atoms with Crippen molar-refractivity contribution in [1.82, 2.24) is 9.97 Å². The van der Waals surface area contributed by atoms with Crippen LogP contribution in [0, 0.1) is 0 Å². The molecule has 2 N–H and O–H groups in total. The van der Waals surface area contributed by atoms with Crippen molar-refractivity contribution >= 4 is 11.8 Å². The van der Waals surface area contributed by atoms with E-state index < -0.39 is 18.5 Å². The zero-order chi connectivity index (χ0) is 12.8. The van der Waals surface area contributed by atoms with E-state index in [1.807, 2.05) is 0 Å². The van der Waals surface area contributed by atoms with E-state index in [0.717, 1.165) is 0 Å². The normalized spacial score (nSPS) is 12.3. The molecule has 94 valence electrons. The molecule has 1 unspecified atom stereocenters. The molecule has 1 heterocycles. The molecule has 8 heteroatoms. The molecule has 0 bridgehead atoms. The number of nitrogens with one attached hydrogen (secondary N) is 1. The number of aromatic nitrogens is 2. The highest BCUT2D eigenvalue weighted by Gasteiger charge is 2.16. The number of aliphatic hydroxyl groups excluding tert-OH is 1. The maximum atomic E-state index is 12.0. The molecule has 1 aromatic rings. The monoisotopic (exact) mass is 247 g/mol. The van der Waals surface area contributed by atoms with E-state index >= 15 is 0 Å². The minimum absolute atomic E-state index is 0.153. The van der Waals surface area contributed by atoms with Gasteiger partial charge in [-0.1, -0.05) is 0 Å². The van der Waals surface area contributed by atoms with E-state index in [4.69, 9.17) is 5.11 Å². The Morgan fingerprint density at radius 1 is 1.65 bits per heavy atom. The number of esters is 1. The highest BCUT2D eigenvalue weighted by atomic mass is 19.3. The van der Waals surface area contributed by atoms with Crippen LogP contribution in [0.4, 0.5) is 14.6 Å². The third-order valence-electron chi connectivity index (χ3n) is 1.81. The van der Waals surface area contributed by atoms with Crippen LogP contribution in [-0.2, 0) is 4.74 Å². The summed E-state index contributed by atoms with van der Waals surface area (Å²) in [4.78, 5) is 18.4. The summed E-state index contributed by atoms with van der Waals surface area (Å²) in [5.74, 6) is -0.771. The lowest BCUT2D eigenvalue weighted by molar-refractivity contribution is 0.00380. The Balaban J connectivity index is 2.63. The number of carbonyl (C=O) groups excluding carboxylic acids is 1. The van der Waals surface area contributed by atoms with Gasteiger partial charge in [0.2, 0.25) is 5.82 Å². The number of hydrogen-bond donors (Lipinski definition) is 2. The van der Waals surface area contributed by atoms with Gasteiger partial charge in [-0.15, -0.1) is 0 Å². The first kappa shape index (κ1) is 13.2. The number of aliphatic hydroxyl groups is 1. The predicted molar refractivity (Wildman–Crippen MR) is 53.9 cm³/mol. The van der Waals surface area contributed by atoms with Crippen LogP contribution in [0.1, 0.15) is 10.6 Å². The smallest absolute Gasteiger partial charge is 0.376 e. The zero-order valence-electron chi connectivity index (χ0n) is 8.93. The third-order valence-corrected chi connectivity index (χ3v) is 1.81. The molecule has 0 aromatic carbocycles. The van der Waals surface area contributed by atoms with Gasteiger partial charge in [0.15, 0.2) is 0 Å². The Morgan fingerprint density at radius 2 is 2.35 bits per heavy atom. The topological polar surface area (TPSA) is 84.3 Å². The van der Waals surface area contributed by atoms with Crippen molar-refractivity contribution in [3.05, 3.63) is 18.1 Å². The number of nitrogens with zero attached hydrogens (tertiary/aromatic N) is 2. The first-order valence-electron chi connectivity index (χ1n) is 4.66. The SMILES string of the molecule is COC(=O)c1nccc(NCC(O)C(F)F)n1. The Hall–Kier alpha value is -1.83. The Kier molecular flexibility index (Phi) is 4.70. The number of ether oxygens (including phenoxy) is 1. The molecule has 0 amide bonds. The van der Waals surface area contributed by atoms with Crippen LogP contribution < -0.4 is 5.32 Å². The largest absolute Gasteiger partial charge is 0.463 e. The highest BCUT2D eigenvalue weighted by molar-refractivity contribution is 5.85. The molecule has 0 aliphatic heterocycles. The summed E-state index contributed by atoms with van der Waals surface area (Å²) in [5.41, 5.74) is 0. The van der Waals surface area contributed by atoms with E-state index in [9.17, 15) is 13.6 Å². The summed E-state index contributed by atoms with van der Waals surface area (Å²) in [6.45, 7) is -0.380. The lowest BCUT2D eigenvalue weighted by Crippen LogP contribution is -2.27. The van der Waals surface area contributed by atoms with E-state index in [2.05, 4.69) is 20.0 Å². The average Bonchev–Trinajstić information content (AvgIpc) is 2.35. The third kappa shape index (κ3) is 3.91. The fourth-order valence-corrected chi connectivity index (χ4v) is 0.945. The minimum atomic E-state index is -2.84. The van der Waals surface area contributed by atoms with Crippen molar-refractivity contribution in [1.29, 1.82) is 0 Å². The maximum absolute atomic E-state index is 12.0. The second-order valence-corrected chi connectivity index (χ2v) is 3.04. The van der Waals surface area contributed by atoms with Gasteiger partial charge in [0, 0.05) is 12.7 Å². The number of anilines is 1. The Labute approximate surface area is 95.6 Å². The van der Waals surface area contributed by atoms with Gasteiger partial charge in [-0.2, -0.15) is 0 Å². The van der Waals surface area contributed by atoms with Crippen molar-refractivity contribution in [3.63, 3.8) is 0 Å². The number of rotatable bonds is 5. The second-order valence-electron chi connectivity index (χ2n) is 3.04. The highest BCUT2D eigenvalue weighted by Crippen LogP contribution is 2.05. The molecule has 0 fully saturated rings. The lowest BCUT2D eigenvalue weighted by atomic mass is 10.3. The molecular formula is C9H11F2N3O3. The lowest BCUT2D eigenvalue weighted by Gasteiger charge is -2.11. The minimum Gasteiger partial charge on any atom is -0.463 e. The predicted octanol–water partition coefficient (Wildman–Crippen LogP) is 0.301. The molecule has 6 nitrogen and oxygen atoms in total. The number of halogens is 2. The molecule has 1 aromatic heterocycles. The first-order valence-corrected chi connectivity index (χ1v) is 4.66. The molecule has 0 spiro atoms. The van der Waals surface area contributed by atoms with Crippen LogP contribution in [0.25, 0.3) is 0 Å². The molecule has 0 aliphatic rings. The number of hydrogen-bond acceptors (Lipinski definition) is 6. The van der Waals surface area contributed by atoms with Gasteiger partial charge in [0.25, 0.3) is 6.43 Å². The summed E-state index contributed by atoms with van der Waals surface area (Å²) in [6.07, 6.45) is -3.37. The zero-order valence-corrected chi connectivity index (χ0v) is 8.93. The summed E-state index contributed by atoms with van der Waals surface area (Å²) >= 11 is 0. The Bertz CT molecular complexity index is 390. The summed E-state index contributed by atoms with van der Waals surface area (Å²) in [6, 6.07) is 1.38. The number of carbonyl (C=O) groups is 1. The van der Waals surface area contributed by atoms with Crippen molar-refractivity contribution in [2.24, 2.45) is 0 Å². The van der Waals surface area contributed by atoms with Crippen LogP contribution in [0.2, 0.25) is 0 Å².